The van der Waals surface area contributed by atoms with Gasteiger partial charge in [-0.05, 0) is 36.6 Å². The quantitative estimate of drug-likeness (QED) is 0.772. The van der Waals surface area contributed by atoms with Gasteiger partial charge in [-0.1, -0.05) is 0 Å². The molecule has 0 fully saturated rings. The zero-order chi connectivity index (χ0) is 11.7. The van der Waals surface area contributed by atoms with E-state index < -0.39 is 0 Å². The average molecular weight is 228 g/mol. The molecule has 1 aliphatic rings. The van der Waals surface area contributed by atoms with Gasteiger partial charge in [0.15, 0.2) is 0 Å². The molecule has 0 radical (unpaired) electrons. The van der Waals surface area contributed by atoms with Gasteiger partial charge in [0.1, 0.15) is 0 Å². The Morgan fingerprint density at radius 3 is 3.18 bits per heavy atom. The predicted molar refractivity (Wildman–Crippen MR) is 68.8 cm³/mol. The first-order chi connectivity index (χ1) is 8.33. The van der Waals surface area contributed by atoms with Crippen molar-refractivity contribution in [3.8, 4) is 0 Å². The fourth-order valence-electron chi connectivity index (χ4n) is 2.44. The van der Waals surface area contributed by atoms with Gasteiger partial charge in [-0.25, -0.2) is 4.98 Å². The van der Waals surface area contributed by atoms with Gasteiger partial charge in [0.05, 0.1) is 18.6 Å². The van der Waals surface area contributed by atoms with E-state index in [0.717, 1.165) is 30.9 Å². The number of hydrogen-bond donors (Lipinski definition) is 2. The summed E-state index contributed by atoms with van der Waals surface area (Å²) in [5.41, 5.74) is 10.5. The number of fused-ring (bicyclic) bond motifs is 1. The smallest absolute Gasteiger partial charge is 0.0922 e. The van der Waals surface area contributed by atoms with E-state index in [2.05, 4.69) is 27.0 Å². The van der Waals surface area contributed by atoms with Crippen LogP contribution in [-0.4, -0.2) is 16.5 Å². The summed E-state index contributed by atoms with van der Waals surface area (Å²) in [6.07, 6.45) is 5.92. The van der Waals surface area contributed by atoms with Gasteiger partial charge >= 0.3 is 0 Å². The Morgan fingerprint density at radius 2 is 2.35 bits per heavy atom. The molecule has 1 aromatic heterocycles. The molecule has 0 atom stereocenters. The fraction of sp³-hybridized carbons (Fsp3) is 0.308. The van der Waals surface area contributed by atoms with Crippen molar-refractivity contribution in [2.75, 3.05) is 17.2 Å². The summed E-state index contributed by atoms with van der Waals surface area (Å²) < 4.78 is 0. The Kier molecular flexibility index (Phi) is 2.48. The number of nitrogens with two attached hydrogens (primary N) is 1. The number of rotatable bonds is 2. The second-order valence-corrected chi connectivity index (χ2v) is 4.49. The molecule has 17 heavy (non-hydrogen) atoms. The van der Waals surface area contributed by atoms with E-state index in [9.17, 15) is 0 Å². The maximum absolute atomic E-state index is 5.83. The number of H-pyrrole nitrogens is 1. The van der Waals surface area contributed by atoms with Gasteiger partial charge in [0, 0.05) is 24.1 Å². The van der Waals surface area contributed by atoms with Crippen LogP contribution < -0.4 is 10.6 Å². The summed E-state index contributed by atoms with van der Waals surface area (Å²) >= 11 is 0. The highest BCUT2D eigenvalue weighted by atomic mass is 15.1. The summed E-state index contributed by atoms with van der Waals surface area (Å²) in [5, 5.41) is 0. The van der Waals surface area contributed by atoms with Crippen LogP contribution in [0.1, 0.15) is 17.7 Å². The molecule has 0 saturated carbocycles. The van der Waals surface area contributed by atoms with Gasteiger partial charge in [-0.15, -0.1) is 0 Å². The molecule has 2 aromatic rings. The zero-order valence-corrected chi connectivity index (χ0v) is 9.69. The highest BCUT2D eigenvalue weighted by Crippen LogP contribution is 2.29. The first-order valence-corrected chi connectivity index (χ1v) is 5.93. The highest BCUT2D eigenvalue weighted by molar-refractivity contribution is 5.61. The van der Waals surface area contributed by atoms with Crippen LogP contribution >= 0.6 is 0 Å². The molecule has 88 valence electrons. The summed E-state index contributed by atoms with van der Waals surface area (Å²) in [5.74, 6) is 0. The largest absolute Gasteiger partial charge is 0.399 e. The molecule has 3 N–H and O–H groups in total. The molecule has 2 heterocycles. The molecule has 0 saturated heterocycles. The lowest BCUT2D eigenvalue weighted by atomic mass is 10.0. The second-order valence-electron chi connectivity index (χ2n) is 4.49. The molecule has 1 aliphatic heterocycles. The van der Waals surface area contributed by atoms with Crippen LogP contribution in [0.15, 0.2) is 30.7 Å². The predicted octanol–water partition coefficient (Wildman–Crippen LogP) is 1.94. The Balaban J connectivity index is 1.89. The van der Waals surface area contributed by atoms with Crippen LogP contribution in [0.5, 0.6) is 0 Å². The molecule has 0 amide bonds. The third-order valence-corrected chi connectivity index (χ3v) is 3.23. The molecular weight excluding hydrogens is 212 g/mol. The zero-order valence-electron chi connectivity index (χ0n) is 9.69. The van der Waals surface area contributed by atoms with Gasteiger partial charge in [-0.3, -0.25) is 0 Å². The summed E-state index contributed by atoms with van der Waals surface area (Å²) in [4.78, 5) is 9.59. The SMILES string of the molecule is Nc1ccc2c(c1)CCCN2Cc1cnc[nH]1. The van der Waals surface area contributed by atoms with Gasteiger partial charge in [0.2, 0.25) is 0 Å². The van der Waals surface area contributed by atoms with Gasteiger partial charge < -0.3 is 15.6 Å². The first-order valence-electron chi connectivity index (χ1n) is 5.93. The van der Waals surface area contributed by atoms with Crippen molar-refractivity contribution in [2.24, 2.45) is 0 Å². The Hall–Kier alpha value is -1.97. The van der Waals surface area contributed by atoms with Crippen molar-refractivity contribution in [2.45, 2.75) is 19.4 Å². The maximum Gasteiger partial charge on any atom is 0.0922 e. The first kappa shape index (κ1) is 10.2. The van der Waals surface area contributed by atoms with Crippen molar-refractivity contribution in [3.05, 3.63) is 42.0 Å². The van der Waals surface area contributed by atoms with E-state index in [0.29, 0.717) is 0 Å². The molecule has 0 unspecified atom stereocenters. The number of aromatic nitrogens is 2. The third-order valence-electron chi connectivity index (χ3n) is 3.23. The molecule has 4 heteroatoms. The normalized spacial score (nSPS) is 14.7. The minimum absolute atomic E-state index is 0.854. The lowest BCUT2D eigenvalue weighted by Crippen LogP contribution is -2.28. The minimum atomic E-state index is 0.854. The Morgan fingerprint density at radius 1 is 1.41 bits per heavy atom. The molecule has 1 aromatic carbocycles. The van der Waals surface area contributed by atoms with Gasteiger partial charge in [0.25, 0.3) is 0 Å². The van der Waals surface area contributed by atoms with Crippen molar-refractivity contribution in [1.82, 2.24) is 9.97 Å². The number of aryl methyl sites for hydroxylation is 1. The van der Waals surface area contributed by atoms with Crippen LogP contribution in [0.3, 0.4) is 0 Å². The Labute approximate surface area is 100 Å². The lowest BCUT2D eigenvalue weighted by molar-refractivity contribution is 0.685. The van der Waals surface area contributed by atoms with Crippen LogP contribution in [0.25, 0.3) is 0 Å². The summed E-state index contributed by atoms with van der Waals surface area (Å²) in [6, 6.07) is 6.19. The van der Waals surface area contributed by atoms with Crippen molar-refractivity contribution >= 4 is 11.4 Å². The van der Waals surface area contributed by atoms with Gasteiger partial charge in [-0.2, -0.15) is 0 Å². The number of hydrogen-bond acceptors (Lipinski definition) is 3. The number of imidazole rings is 1. The van der Waals surface area contributed by atoms with Crippen molar-refractivity contribution in [3.63, 3.8) is 0 Å². The van der Waals surface area contributed by atoms with Crippen molar-refractivity contribution < 1.29 is 0 Å². The summed E-state index contributed by atoms with van der Waals surface area (Å²) in [6.45, 7) is 1.98. The summed E-state index contributed by atoms with van der Waals surface area (Å²) in [7, 11) is 0. The average Bonchev–Trinajstić information content (AvgIpc) is 2.82. The Bertz CT molecular complexity index is 504. The van der Waals surface area contributed by atoms with E-state index in [4.69, 9.17) is 5.73 Å². The maximum atomic E-state index is 5.83. The molecule has 4 nitrogen and oxygen atoms in total. The van der Waals surface area contributed by atoms with Crippen LogP contribution in [0.4, 0.5) is 11.4 Å². The topological polar surface area (TPSA) is 57.9 Å². The van der Waals surface area contributed by atoms with Crippen LogP contribution in [0.2, 0.25) is 0 Å². The molecule has 0 bridgehead atoms. The number of aromatic amines is 1. The standard InChI is InChI=1S/C13H16N4/c14-11-3-4-13-10(6-11)2-1-5-17(13)8-12-7-15-9-16-12/h3-4,6-7,9H,1-2,5,8,14H2,(H,15,16). The third kappa shape index (κ3) is 1.98. The molecule has 0 spiro atoms. The number of benzene rings is 1. The highest BCUT2D eigenvalue weighted by Gasteiger charge is 2.17. The monoisotopic (exact) mass is 228 g/mol. The number of nitrogens with zero attached hydrogens (tertiary/aromatic N) is 2. The van der Waals surface area contributed by atoms with Crippen LogP contribution in [-0.2, 0) is 13.0 Å². The number of anilines is 2. The van der Waals surface area contributed by atoms with E-state index in [-0.39, 0.29) is 0 Å². The minimum Gasteiger partial charge on any atom is -0.399 e. The van der Waals surface area contributed by atoms with E-state index in [1.54, 1.807) is 6.33 Å². The molecule has 0 aliphatic carbocycles. The van der Waals surface area contributed by atoms with E-state index >= 15 is 0 Å². The molecule has 3 rings (SSSR count). The lowest BCUT2D eigenvalue weighted by Gasteiger charge is -2.31. The fourth-order valence-corrected chi connectivity index (χ4v) is 2.44. The second kappa shape index (κ2) is 4.13. The van der Waals surface area contributed by atoms with Crippen molar-refractivity contribution in [1.29, 1.82) is 0 Å². The van der Waals surface area contributed by atoms with E-state index in [1.165, 1.54) is 17.7 Å². The number of nitrogen functional groups attached to an aromatic ring is 1. The van der Waals surface area contributed by atoms with Crippen LogP contribution in [0, 0.1) is 0 Å². The van der Waals surface area contributed by atoms with E-state index in [1.807, 2.05) is 12.3 Å². The molecular formula is C13H16N4. The number of nitrogens with one attached hydrogen (secondary N) is 1.